The third-order valence-corrected chi connectivity index (χ3v) is 2.77. The van der Waals surface area contributed by atoms with Crippen molar-refractivity contribution in [2.24, 2.45) is 0 Å². The molecule has 0 aliphatic heterocycles. The van der Waals surface area contributed by atoms with E-state index in [1.54, 1.807) is 0 Å². The van der Waals surface area contributed by atoms with E-state index in [1.165, 1.54) is 5.69 Å². The molecule has 3 N–H and O–H groups in total. The van der Waals surface area contributed by atoms with Crippen molar-refractivity contribution >= 4 is 11.7 Å². The van der Waals surface area contributed by atoms with Gasteiger partial charge in [-0.2, -0.15) is 0 Å². The molecular weight excluding hydrogens is 242 g/mol. The summed E-state index contributed by atoms with van der Waals surface area (Å²) in [5, 5.41) is 14.1. The Bertz CT molecular complexity index is 357. The molecule has 19 heavy (non-hydrogen) atoms. The highest BCUT2D eigenvalue weighted by atomic mass is 16.3. The van der Waals surface area contributed by atoms with Gasteiger partial charge < -0.3 is 20.6 Å². The number of urea groups is 1. The maximum absolute atomic E-state index is 11.3. The van der Waals surface area contributed by atoms with Crippen molar-refractivity contribution < 1.29 is 9.90 Å². The van der Waals surface area contributed by atoms with E-state index in [0.717, 1.165) is 13.0 Å². The predicted octanol–water partition coefficient (Wildman–Crippen LogP) is 1.19. The molecule has 1 aromatic rings. The number of rotatable bonds is 8. The molecule has 0 saturated heterocycles. The Morgan fingerprint density at radius 2 is 1.79 bits per heavy atom. The number of hydrogen-bond donors (Lipinski definition) is 3. The second-order valence-corrected chi connectivity index (χ2v) is 4.37. The van der Waals surface area contributed by atoms with Gasteiger partial charge in [0.1, 0.15) is 0 Å². The third kappa shape index (κ3) is 6.67. The molecule has 0 unspecified atom stereocenters. The first-order valence-corrected chi connectivity index (χ1v) is 6.63. The van der Waals surface area contributed by atoms with Gasteiger partial charge >= 0.3 is 6.03 Å². The van der Waals surface area contributed by atoms with Crippen LogP contribution in [0.25, 0.3) is 0 Å². The summed E-state index contributed by atoms with van der Waals surface area (Å²) >= 11 is 0. The predicted molar refractivity (Wildman–Crippen MR) is 77.4 cm³/mol. The van der Waals surface area contributed by atoms with Crippen LogP contribution < -0.4 is 15.5 Å². The Balaban J connectivity index is 2.09. The molecular formula is C14H23N3O2. The molecule has 5 heteroatoms. The minimum atomic E-state index is -0.171. The molecule has 0 bridgehead atoms. The lowest BCUT2D eigenvalue weighted by molar-refractivity contribution is 0.238. The maximum Gasteiger partial charge on any atom is 0.314 e. The number of carbonyl (C=O) groups excluding carboxylic acids is 1. The number of aliphatic hydroxyl groups is 1. The van der Waals surface area contributed by atoms with E-state index in [-0.39, 0.29) is 12.6 Å². The zero-order chi connectivity index (χ0) is 13.9. The summed E-state index contributed by atoms with van der Waals surface area (Å²) in [4.78, 5) is 13.5. The molecule has 0 spiro atoms. The lowest BCUT2D eigenvalue weighted by Gasteiger charge is -2.19. The quantitative estimate of drug-likeness (QED) is 0.619. The van der Waals surface area contributed by atoms with Crippen molar-refractivity contribution in [1.29, 1.82) is 0 Å². The summed E-state index contributed by atoms with van der Waals surface area (Å²) in [6.07, 6.45) is 1.48. The summed E-state index contributed by atoms with van der Waals surface area (Å²) in [6, 6.07) is 9.98. The fourth-order valence-electron chi connectivity index (χ4n) is 1.67. The first-order chi connectivity index (χ1) is 9.24. The molecule has 106 valence electrons. The fourth-order valence-corrected chi connectivity index (χ4v) is 1.67. The number of nitrogens with zero attached hydrogens (tertiary/aromatic N) is 1. The molecule has 0 saturated carbocycles. The molecule has 0 aromatic heterocycles. The van der Waals surface area contributed by atoms with Gasteiger partial charge in [0.2, 0.25) is 0 Å². The van der Waals surface area contributed by atoms with Crippen molar-refractivity contribution in [3.63, 3.8) is 0 Å². The average Bonchev–Trinajstić information content (AvgIpc) is 2.44. The summed E-state index contributed by atoms with van der Waals surface area (Å²) < 4.78 is 0. The van der Waals surface area contributed by atoms with Gasteiger partial charge in [0, 0.05) is 39.0 Å². The van der Waals surface area contributed by atoms with Crippen molar-refractivity contribution in [2.75, 3.05) is 38.2 Å². The number of carbonyl (C=O) groups is 1. The summed E-state index contributed by atoms with van der Waals surface area (Å²) in [7, 11) is 2.04. The molecule has 0 fully saturated rings. The Hall–Kier alpha value is -1.75. The van der Waals surface area contributed by atoms with Gasteiger partial charge in [0.15, 0.2) is 0 Å². The molecule has 5 nitrogen and oxygen atoms in total. The van der Waals surface area contributed by atoms with Gasteiger partial charge in [-0.05, 0) is 25.0 Å². The maximum atomic E-state index is 11.3. The molecule has 0 aliphatic rings. The number of benzene rings is 1. The van der Waals surface area contributed by atoms with E-state index < -0.39 is 0 Å². The summed E-state index contributed by atoms with van der Waals surface area (Å²) in [6.45, 7) is 2.14. The van der Waals surface area contributed by atoms with E-state index in [9.17, 15) is 4.79 Å². The highest BCUT2D eigenvalue weighted by Gasteiger charge is 2.01. The molecule has 1 rings (SSSR count). The first-order valence-electron chi connectivity index (χ1n) is 6.63. The minimum absolute atomic E-state index is 0.0994. The van der Waals surface area contributed by atoms with Gasteiger partial charge in [-0.1, -0.05) is 18.2 Å². The molecule has 0 aliphatic carbocycles. The highest BCUT2D eigenvalue weighted by molar-refractivity contribution is 5.73. The van der Waals surface area contributed by atoms with E-state index in [0.29, 0.717) is 19.5 Å². The second kappa shape index (κ2) is 9.22. The van der Waals surface area contributed by atoms with Crippen LogP contribution in [0.4, 0.5) is 10.5 Å². The molecule has 0 heterocycles. The van der Waals surface area contributed by atoms with Crippen LogP contribution >= 0.6 is 0 Å². The van der Waals surface area contributed by atoms with Crippen molar-refractivity contribution in [3.8, 4) is 0 Å². The molecule has 0 radical (unpaired) electrons. The molecule has 0 atom stereocenters. The SMILES string of the molecule is CN(CCCNC(=O)NCCCO)c1ccccc1. The standard InChI is InChI=1S/C14H23N3O2/c1-17(13-7-3-2-4-8-13)11-5-9-15-14(19)16-10-6-12-18/h2-4,7-8,18H,5-6,9-12H2,1H3,(H2,15,16,19). The van der Waals surface area contributed by atoms with Crippen LogP contribution in [0.15, 0.2) is 30.3 Å². The van der Waals surface area contributed by atoms with Crippen molar-refractivity contribution in [2.45, 2.75) is 12.8 Å². The Morgan fingerprint density at radius 1 is 1.16 bits per heavy atom. The summed E-state index contributed by atoms with van der Waals surface area (Å²) in [5.41, 5.74) is 1.18. The van der Waals surface area contributed by atoms with Gasteiger partial charge in [-0.25, -0.2) is 4.79 Å². The Morgan fingerprint density at radius 3 is 2.42 bits per heavy atom. The fraction of sp³-hybridized carbons (Fsp3) is 0.500. The number of para-hydroxylation sites is 1. The zero-order valence-corrected chi connectivity index (χ0v) is 11.4. The highest BCUT2D eigenvalue weighted by Crippen LogP contribution is 2.10. The number of hydrogen-bond acceptors (Lipinski definition) is 3. The van der Waals surface area contributed by atoms with Crippen LogP contribution in [0, 0.1) is 0 Å². The lowest BCUT2D eigenvalue weighted by atomic mass is 10.3. The second-order valence-electron chi connectivity index (χ2n) is 4.37. The van der Waals surface area contributed by atoms with Gasteiger partial charge in [-0.15, -0.1) is 0 Å². The van der Waals surface area contributed by atoms with Crippen molar-refractivity contribution in [3.05, 3.63) is 30.3 Å². The number of nitrogens with one attached hydrogen (secondary N) is 2. The van der Waals surface area contributed by atoms with E-state index in [2.05, 4.69) is 27.7 Å². The molecule has 1 aromatic carbocycles. The van der Waals surface area contributed by atoms with E-state index >= 15 is 0 Å². The van der Waals surface area contributed by atoms with Gasteiger partial charge in [-0.3, -0.25) is 0 Å². The van der Waals surface area contributed by atoms with Crippen LogP contribution in [0.1, 0.15) is 12.8 Å². The number of aliphatic hydroxyl groups excluding tert-OH is 1. The Kier molecular flexibility index (Phi) is 7.43. The Labute approximate surface area is 114 Å². The van der Waals surface area contributed by atoms with Crippen LogP contribution in [0.3, 0.4) is 0 Å². The zero-order valence-electron chi connectivity index (χ0n) is 11.4. The number of anilines is 1. The minimum Gasteiger partial charge on any atom is -0.396 e. The van der Waals surface area contributed by atoms with Crippen LogP contribution in [0.5, 0.6) is 0 Å². The van der Waals surface area contributed by atoms with Crippen LogP contribution in [-0.4, -0.2) is 44.4 Å². The van der Waals surface area contributed by atoms with E-state index in [4.69, 9.17) is 5.11 Å². The van der Waals surface area contributed by atoms with Gasteiger partial charge in [0.25, 0.3) is 0 Å². The van der Waals surface area contributed by atoms with Crippen molar-refractivity contribution in [1.82, 2.24) is 10.6 Å². The topological polar surface area (TPSA) is 64.6 Å². The lowest BCUT2D eigenvalue weighted by Crippen LogP contribution is -2.37. The first kappa shape index (κ1) is 15.3. The normalized spacial score (nSPS) is 10.0. The smallest absolute Gasteiger partial charge is 0.314 e. The third-order valence-electron chi connectivity index (χ3n) is 2.77. The monoisotopic (exact) mass is 265 g/mol. The largest absolute Gasteiger partial charge is 0.396 e. The van der Waals surface area contributed by atoms with Crippen LogP contribution in [0.2, 0.25) is 0 Å². The van der Waals surface area contributed by atoms with Gasteiger partial charge in [0.05, 0.1) is 0 Å². The molecule has 2 amide bonds. The van der Waals surface area contributed by atoms with E-state index in [1.807, 2.05) is 25.2 Å². The number of amides is 2. The average molecular weight is 265 g/mol. The van der Waals surface area contributed by atoms with Crippen LogP contribution in [-0.2, 0) is 0 Å². The summed E-state index contributed by atoms with van der Waals surface area (Å²) in [5.74, 6) is 0.